The quantitative estimate of drug-likeness (QED) is 0.555. The zero-order valence-corrected chi connectivity index (χ0v) is 6.96. The van der Waals surface area contributed by atoms with Crippen LogP contribution in [0.3, 0.4) is 0 Å². The second kappa shape index (κ2) is 2.27. The molecule has 0 atom stereocenters. The van der Waals surface area contributed by atoms with Crippen LogP contribution in [-0.2, 0) is 11.2 Å². The number of nitrogens with zero attached hydrogens (tertiary/aromatic N) is 3. The molecule has 0 unspecified atom stereocenters. The summed E-state index contributed by atoms with van der Waals surface area (Å²) >= 11 is 0. The third kappa shape index (κ3) is 0.958. The van der Waals surface area contributed by atoms with Crippen molar-refractivity contribution in [1.29, 1.82) is 0 Å². The molecule has 2 heterocycles. The van der Waals surface area contributed by atoms with Gasteiger partial charge in [-0.25, -0.2) is 9.97 Å². The Morgan fingerprint density at radius 1 is 1.25 bits per heavy atom. The van der Waals surface area contributed by atoms with E-state index in [1.165, 1.54) is 0 Å². The van der Waals surface area contributed by atoms with Gasteiger partial charge in [0.15, 0.2) is 5.82 Å². The number of rotatable bonds is 0. The van der Waals surface area contributed by atoms with Gasteiger partial charge in [-0.15, -0.1) is 0 Å². The number of fused-ring (bicyclic) bond motifs is 1. The average Bonchev–Trinajstić information content (AvgIpc) is 2.29. The molecule has 1 aliphatic heterocycles. The van der Waals surface area contributed by atoms with Crippen molar-refractivity contribution in [3.05, 3.63) is 17.1 Å². The number of carbonyl (C=O) groups excluding carboxylic acids is 1. The second-order valence-corrected chi connectivity index (χ2v) is 2.84. The minimum Gasteiger partial charge on any atom is -0.272 e. The van der Waals surface area contributed by atoms with Crippen LogP contribution >= 0.6 is 0 Å². The zero-order valence-electron chi connectivity index (χ0n) is 6.96. The predicted octanol–water partition coefficient (Wildman–Crippen LogP) is 0.412. The highest BCUT2D eigenvalue weighted by molar-refractivity contribution is 5.88. The van der Waals surface area contributed by atoms with E-state index in [9.17, 15) is 4.79 Å². The standard InChI is InChI=1S/C8H8N3O/c1-4-6-3-7(12)11-8(6)10-5(2)9-4/h3H2,1-2H3. The van der Waals surface area contributed by atoms with Gasteiger partial charge in [-0.2, -0.15) is 5.32 Å². The largest absolute Gasteiger partial charge is 0.272 e. The molecule has 1 amide bonds. The number of amides is 1. The van der Waals surface area contributed by atoms with Gasteiger partial charge in [0.05, 0.1) is 6.42 Å². The molecule has 0 spiro atoms. The van der Waals surface area contributed by atoms with E-state index in [1.807, 2.05) is 6.92 Å². The third-order valence-electron chi connectivity index (χ3n) is 1.86. The Morgan fingerprint density at radius 2 is 2.00 bits per heavy atom. The maximum absolute atomic E-state index is 10.9. The van der Waals surface area contributed by atoms with Gasteiger partial charge in [0.25, 0.3) is 5.91 Å². The molecule has 0 saturated carbocycles. The molecule has 0 N–H and O–H groups in total. The first-order chi connectivity index (χ1) is 5.66. The molecule has 2 rings (SSSR count). The first-order valence-corrected chi connectivity index (χ1v) is 3.75. The summed E-state index contributed by atoms with van der Waals surface area (Å²) in [6, 6.07) is 0. The number of carbonyl (C=O) groups is 1. The fourth-order valence-corrected chi connectivity index (χ4v) is 1.33. The summed E-state index contributed by atoms with van der Waals surface area (Å²) in [4.78, 5) is 19.2. The van der Waals surface area contributed by atoms with Crippen LogP contribution < -0.4 is 5.32 Å². The summed E-state index contributed by atoms with van der Waals surface area (Å²) in [7, 11) is 0. The summed E-state index contributed by atoms with van der Waals surface area (Å²) in [5.41, 5.74) is 1.75. The maximum Gasteiger partial charge on any atom is 0.252 e. The van der Waals surface area contributed by atoms with Crippen LogP contribution in [0.4, 0.5) is 5.82 Å². The van der Waals surface area contributed by atoms with E-state index in [1.54, 1.807) is 6.92 Å². The van der Waals surface area contributed by atoms with Gasteiger partial charge >= 0.3 is 0 Å². The van der Waals surface area contributed by atoms with E-state index in [0.717, 1.165) is 11.3 Å². The van der Waals surface area contributed by atoms with Crippen molar-refractivity contribution in [2.24, 2.45) is 0 Å². The molecule has 0 bridgehead atoms. The molecule has 0 aromatic carbocycles. The predicted molar refractivity (Wildman–Crippen MR) is 42.0 cm³/mol. The van der Waals surface area contributed by atoms with Crippen LogP contribution in [0, 0.1) is 13.8 Å². The minimum atomic E-state index is -0.118. The molecule has 1 radical (unpaired) electrons. The van der Waals surface area contributed by atoms with Gasteiger partial charge in [0.2, 0.25) is 0 Å². The molecule has 1 aromatic heterocycles. The Kier molecular flexibility index (Phi) is 1.36. The summed E-state index contributed by atoms with van der Waals surface area (Å²) in [6.45, 7) is 3.67. The lowest BCUT2D eigenvalue weighted by atomic mass is 10.2. The van der Waals surface area contributed by atoms with Crippen molar-refractivity contribution >= 4 is 11.7 Å². The van der Waals surface area contributed by atoms with E-state index in [-0.39, 0.29) is 5.91 Å². The fraction of sp³-hybridized carbons (Fsp3) is 0.375. The van der Waals surface area contributed by atoms with E-state index in [4.69, 9.17) is 0 Å². The molecule has 0 saturated heterocycles. The number of aromatic nitrogens is 2. The normalized spacial score (nSPS) is 14.3. The molecule has 4 heteroatoms. The van der Waals surface area contributed by atoms with Gasteiger partial charge in [-0.05, 0) is 13.8 Å². The lowest BCUT2D eigenvalue weighted by Crippen LogP contribution is -2.03. The van der Waals surface area contributed by atoms with Crippen LogP contribution in [0.2, 0.25) is 0 Å². The second-order valence-electron chi connectivity index (χ2n) is 2.84. The lowest BCUT2D eigenvalue weighted by Gasteiger charge is -2.00. The first kappa shape index (κ1) is 7.21. The molecule has 1 aromatic rings. The molecular weight excluding hydrogens is 154 g/mol. The molecule has 61 valence electrons. The third-order valence-corrected chi connectivity index (χ3v) is 1.86. The molecule has 4 nitrogen and oxygen atoms in total. The molecule has 12 heavy (non-hydrogen) atoms. The smallest absolute Gasteiger partial charge is 0.252 e. The first-order valence-electron chi connectivity index (χ1n) is 3.75. The van der Waals surface area contributed by atoms with Crippen LogP contribution in [-0.4, -0.2) is 15.9 Å². The summed E-state index contributed by atoms with van der Waals surface area (Å²) < 4.78 is 0. The van der Waals surface area contributed by atoms with E-state index >= 15 is 0 Å². The average molecular weight is 162 g/mol. The van der Waals surface area contributed by atoms with Crippen LogP contribution in [0.15, 0.2) is 0 Å². The van der Waals surface area contributed by atoms with Crippen molar-refractivity contribution in [3.8, 4) is 0 Å². The maximum atomic E-state index is 10.9. The van der Waals surface area contributed by atoms with E-state index < -0.39 is 0 Å². The number of hydrogen-bond acceptors (Lipinski definition) is 3. The van der Waals surface area contributed by atoms with Gasteiger partial charge < -0.3 is 0 Å². The summed E-state index contributed by atoms with van der Waals surface area (Å²) in [5, 5.41) is 3.78. The Balaban J connectivity index is 2.59. The van der Waals surface area contributed by atoms with E-state index in [0.29, 0.717) is 18.1 Å². The molecule has 1 aliphatic rings. The monoisotopic (exact) mass is 162 g/mol. The zero-order chi connectivity index (χ0) is 8.72. The topological polar surface area (TPSA) is 57.0 Å². The van der Waals surface area contributed by atoms with Gasteiger partial charge in [0.1, 0.15) is 5.82 Å². The highest BCUT2D eigenvalue weighted by Gasteiger charge is 2.23. The number of hydrogen-bond donors (Lipinski definition) is 0. The highest BCUT2D eigenvalue weighted by atomic mass is 16.1. The van der Waals surface area contributed by atoms with Gasteiger partial charge in [-0.1, -0.05) is 0 Å². The Hall–Kier alpha value is -1.45. The minimum absolute atomic E-state index is 0.118. The van der Waals surface area contributed by atoms with Gasteiger partial charge in [0, 0.05) is 11.3 Å². The lowest BCUT2D eigenvalue weighted by molar-refractivity contribution is -0.118. The Bertz CT molecular complexity index is 360. The van der Waals surface area contributed by atoms with Crippen molar-refractivity contribution < 1.29 is 4.79 Å². The van der Waals surface area contributed by atoms with Gasteiger partial charge in [-0.3, -0.25) is 4.79 Å². The van der Waals surface area contributed by atoms with Crippen molar-refractivity contribution in [2.45, 2.75) is 20.3 Å². The molecular formula is C8H8N3O. The van der Waals surface area contributed by atoms with Crippen LogP contribution in [0.1, 0.15) is 17.1 Å². The SMILES string of the molecule is Cc1nc(C)c2c(n1)[N]C(=O)C2. The van der Waals surface area contributed by atoms with E-state index in [2.05, 4.69) is 15.3 Å². The summed E-state index contributed by atoms with van der Waals surface area (Å²) in [6.07, 6.45) is 0.363. The van der Waals surface area contributed by atoms with Crippen LogP contribution in [0.25, 0.3) is 0 Å². The number of aryl methyl sites for hydroxylation is 2. The Morgan fingerprint density at radius 3 is 2.75 bits per heavy atom. The Labute approximate surface area is 70.0 Å². The van der Waals surface area contributed by atoms with Crippen molar-refractivity contribution in [2.75, 3.05) is 0 Å². The van der Waals surface area contributed by atoms with Crippen molar-refractivity contribution in [1.82, 2.24) is 15.3 Å². The highest BCUT2D eigenvalue weighted by Crippen LogP contribution is 2.22. The molecule has 0 aliphatic carbocycles. The fourth-order valence-electron chi connectivity index (χ4n) is 1.33. The summed E-state index contributed by atoms with van der Waals surface area (Å²) in [5.74, 6) is 1.11. The molecule has 0 fully saturated rings. The van der Waals surface area contributed by atoms with Crippen LogP contribution in [0.5, 0.6) is 0 Å². The van der Waals surface area contributed by atoms with Crippen molar-refractivity contribution in [3.63, 3.8) is 0 Å².